The molecule has 1 N–H and O–H groups in total. The standard InChI is InChI=1S/C30H45F3N4O3/c1-18(2)15-25-27(40-22(6)38)19(3)16-24-23(8-7-21(5)29(24,25)39)20(4)17-36-11-13-37(14-12-36)28-34-10-9-26(35-28)30(31,32)33/h9-10,16,18,20-21,23-25,27,39H,7-8,11-15,17H2,1-6H3/t20-,21+,23-,24+,25-,27-,29+/m0/s1. The molecule has 1 saturated heterocycles. The van der Waals surface area contributed by atoms with E-state index < -0.39 is 23.6 Å². The number of carbonyl (C=O) groups excluding carboxylic acids is 1. The summed E-state index contributed by atoms with van der Waals surface area (Å²) >= 11 is 0. The summed E-state index contributed by atoms with van der Waals surface area (Å²) < 4.78 is 45.2. The maximum absolute atomic E-state index is 13.1. The van der Waals surface area contributed by atoms with Crippen LogP contribution in [0.25, 0.3) is 0 Å². The van der Waals surface area contributed by atoms with Crippen LogP contribution in [0, 0.1) is 35.5 Å². The monoisotopic (exact) mass is 566 g/mol. The summed E-state index contributed by atoms with van der Waals surface area (Å²) in [6.45, 7) is 15.5. The number of rotatable bonds is 7. The minimum absolute atomic E-state index is 0.0263. The lowest BCUT2D eigenvalue weighted by Crippen LogP contribution is -2.62. The van der Waals surface area contributed by atoms with E-state index in [0.29, 0.717) is 38.0 Å². The quantitative estimate of drug-likeness (QED) is 0.359. The molecule has 1 aliphatic heterocycles. The van der Waals surface area contributed by atoms with Crippen LogP contribution in [0.4, 0.5) is 19.1 Å². The highest BCUT2D eigenvalue weighted by atomic mass is 19.4. The van der Waals surface area contributed by atoms with Gasteiger partial charge in [-0.1, -0.05) is 33.8 Å². The van der Waals surface area contributed by atoms with Gasteiger partial charge in [0, 0.05) is 57.7 Å². The summed E-state index contributed by atoms with van der Waals surface area (Å²) in [5.41, 5.74) is -0.854. The summed E-state index contributed by atoms with van der Waals surface area (Å²) in [7, 11) is 0. The fourth-order valence-electron chi connectivity index (χ4n) is 7.48. The highest BCUT2D eigenvalue weighted by Crippen LogP contribution is 2.55. The van der Waals surface area contributed by atoms with Gasteiger partial charge < -0.3 is 14.7 Å². The SMILES string of the molecule is CC(=O)O[C@H]1C(C)=C[C@@H]2[C@H]([C@@H](C)CN3CCN(c4nccc(C(F)(F)F)n4)CC3)CC[C@@H](C)[C@]2(O)[C@H]1CC(C)C. The Hall–Kier alpha value is -2.20. The van der Waals surface area contributed by atoms with Crippen molar-refractivity contribution in [1.29, 1.82) is 0 Å². The Labute approximate surface area is 236 Å². The number of aromatic nitrogens is 2. The molecule has 2 aliphatic carbocycles. The van der Waals surface area contributed by atoms with Crippen molar-refractivity contribution < 1.29 is 27.8 Å². The van der Waals surface area contributed by atoms with E-state index in [9.17, 15) is 23.1 Å². The molecule has 1 aromatic heterocycles. The van der Waals surface area contributed by atoms with Crippen LogP contribution < -0.4 is 4.90 Å². The van der Waals surface area contributed by atoms with Crippen molar-refractivity contribution in [2.75, 3.05) is 37.6 Å². The van der Waals surface area contributed by atoms with Gasteiger partial charge in [0.2, 0.25) is 5.95 Å². The third-order valence-electron chi connectivity index (χ3n) is 9.45. The predicted octanol–water partition coefficient (Wildman–Crippen LogP) is 5.20. The summed E-state index contributed by atoms with van der Waals surface area (Å²) in [6, 6.07) is 0.898. The molecule has 7 nitrogen and oxygen atoms in total. The molecule has 0 aromatic carbocycles. The summed E-state index contributed by atoms with van der Waals surface area (Å²) in [5.74, 6) is 0.619. The third-order valence-corrected chi connectivity index (χ3v) is 9.45. The molecule has 0 amide bonds. The molecule has 40 heavy (non-hydrogen) atoms. The molecule has 10 heteroatoms. The Kier molecular flexibility index (Phi) is 9.19. The van der Waals surface area contributed by atoms with Crippen LogP contribution in [0.15, 0.2) is 23.9 Å². The number of carbonyl (C=O) groups is 1. The normalized spacial score (nSPS) is 32.4. The number of fused-ring (bicyclic) bond motifs is 1. The molecule has 4 rings (SSSR count). The molecule has 2 heterocycles. The number of halogens is 3. The Balaban J connectivity index is 1.47. The van der Waals surface area contributed by atoms with E-state index >= 15 is 0 Å². The summed E-state index contributed by atoms with van der Waals surface area (Å²) in [6.07, 6.45) is 1.16. The van der Waals surface area contributed by atoms with Crippen molar-refractivity contribution in [2.24, 2.45) is 35.5 Å². The first-order valence-corrected chi connectivity index (χ1v) is 14.7. The van der Waals surface area contributed by atoms with E-state index in [-0.39, 0.29) is 35.6 Å². The number of hydrogen-bond donors (Lipinski definition) is 1. The molecule has 0 spiro atoms. The Morgan fingerprint density at radius 3 is 2.48 bits per heavy atom. The number of ether oxygens (including phenoxy) is 1. The zero-order valence-corrected chi connectivity index (χ0v) is 24.6. The van der Waals surface area contributed by atoms with Crippen molar-refractivity contribution in [1.82, 2.24) is 14.9 Å². The molecule has 1 aromatic rings. The van der Waals surface area contributed by atoms with Gasteiger partial charge in [0.25, 0.3) is 0 Å². The van der Waals surface area contributed by atoms with Crippen molar-refractivity contribution >= 4 is 11.9 Å². The fraction of sp³-hybridized carbons (Fsp3) is 0.767. The Morgan fingerprint density at radius 1 is 1.20 bits per heavy atom. The highest BCUT2D eigenvalue weighted by Gasteiger charge is 2.58. The number of aliphatic hydroxyl groups is 1. The van der Waals surface area contributed by atoms with Gasteiger partial charge in [-0.05, 0) is 61.5 Å². The lowest BCUT2D eigenvalue weighted by Gasteiger charge is -2.57. The number of piperazine rings is 1. The summed E-state index contributed by atoms with van der Waals surface area (Å²) in [5, 5.41) is 12.5. The topological polar surface area (TPSA) is 78.8 Å². The van der Waals surface area contributed by atoms with E-state index in [1.807, 2.05) is 11.8 Å². The van der Waals surface area contributed by atoms with Gasteiger partial charge in [0.15, 0.2) is 0 Å². The average molecular weight is 567 g/mol. The van der Waals surface area contributed by atoms with Crippen molar-refractivity contribution in [3.8, 4) is 0 Å². The van der Waals surface area contributed by atoms with Crippen LogP contribution in [0.3, 0.4) is 0 Å². The minimum atomic E-state index is -4.49. The van der Waals surface area contributed by atoms with E-state index in [4.69, 9.17) is 4.74 Å². The van der Waals surface area contributed by atoms with E-state index in [1.165, 1.54) is 13.1 Å². The first-order valence-electron chi connectivity index (χ1n) is 14.7. The predicted molar refractivity (Wildman–Crippen MR) is 147 cm³/mol. The van der Waals surface area contributed by atoms with Crippen molar-refractivity contribution in [2.45, 2.75) is 78.7 Å². The maximum Gasteiger partial charge on any atom is 0.433 e. The third kappa shape index (κ3) is 6.32. The van der Waals surface area contributed by atoms with Crippen molar-refractivity contribution in [3.05, 3.63) is 29.6 Å². The number of nitrogens with zero attached hydrogens (tertiary/aromatic N) is 4. The molecule has 0 radical (unpaired) electrons. The molecule has 2 fully saturated rings. The Morgan fingerprint density at radius 2 is 1.88 bits per heavy atom. The average Bonchev–Trinajstić information content (AvgIpc) is 2.88. The Bertz CT molecular complexity index is 1070. The first kappa shape index (κ1) is 30.8. The molecule has 1 saturated carbocycles. The highest BCUT2D eigenvalue weighted by molar-refractivity contribution is 5.66. The van der Waals surface area contributed by atoms with Gasteiger partial charge in [-0.15, -0.1) is 0 Å². The summed E-state index contributed by atoms with van der Waals surface area (Å²) in [4.78, 5) is 24.0. The van der Waals surface area contributed by atoms with E-state index in [0.717, 1.165) is 37.4 Å². The molecular weight excluding hydrogens is 521 g/mol. The molecule has 0 bridgehead atoms. The maximum atomic E-state index is 13.1. The molecular formula is C30H45F3N4O3. The lowest BCUT2D eigenvalue weighted by molar-refractivity contribution is -0.188. The first-order chi connectivity index (χ1) is 18.7. The second-order valence-corrected chi connectivity index (χ2v) is 12.7. The second-order valence-electron chi connectivity index (χ2n) is 12.7. The van der Waals surface area contributed by atoms with Crippen LogP contribution >= 0.6 is 0 Å². The van der Waals surface area contributed by atoms with Gasteiger partial charge in [-0.25, -0.2) is 9.97 Å². The van der Waals surface area contributed by atoms with Gasteiger partial charge in [0.1, 0.15) is 11.8 Å². The molecule has 0 unspecified atom stereocenters. The lowest BCUT2D eigenvalue weighted by atomic mass is 9.52. The van der Waals surface area contributed by atoms with Crippen LogP contribution in [0.1, 0.15) is 66.5 Å². The van der Waals surface area contributed by atoms with Crippen LogP contribution in [-0.2, 0) is 15.7 Å². The zero-order valence-electron chi connectivity index (χ0n) is 24.6. The van der Waals surface area contributed by atoms with Crippen molar-refractivity contribution in [3.63, 3.8) is 0 Å². The number of anilines is 1. The minimum Gasteiger partial charge on any atom is -0.458 e. The molecule has 7 atom stereocenters. The van der Waals surface area contributed by atoms with Gasteiger partial charge in [-0.3, -0.25) is 9.69 Å². The van der Waals surface area contributed by atoms with E-state index in [2.05, 4.69) is 48.6 Å². The number of alkyl halides is 3. The molecule has 224 valence electrons. The largest absolute Gasteiger partial charge is 0.458 e. The van der Waals surface area contributed by atoms with Crippen LogP contribution in [0.2, 0.25) is 0 Å². The van der Waals surface area contributed by atoms with Gasteiger partial charge >= 0.3 is 12.1 Å². The zero-order chi connectivity index (χ0) is 29.4. The van der Waals surface area contributed by atoms with Gasteiger partial charge in [0.05, 0.1) is 5.60 Å². The van der Waals surface area contributed by atoms with Crippen LogP contribution in [0.5, 0.6) is 0 Å². The second kappa shape index (κ2) is 12.0. The van der Waals surface area contributed by atoms with E-state index in [1.54, 1.807) is 0 Å². The fourth-order valence-corrected chi connectivity index (χ4v) is 7.48. The number of hydrogen-bond acceptors (Lipinski definition) is 7. The van der Waals surface area contributed by atoms with Crippen LogP contribution in [-0.4, -0.2) is 70.4 Å². The molecule has 3 aliphatic rings. The smallest absolute Gasteiger partial charge is 0.433 e. The van der Waals surface area contributed by atoms with Gasteiger partial charge in [-0.2, -0.15) is 13.2 Å². The number of esters is 1.